The molecule has 2 aliphatic carbocycles. The maximum Gasteiger partial charge on any atom is -0.0182 e. The minimum absolute atomic E-state index is 0.816. The molecule has 0 N–H and O–H groups in total. The van der Waals surface area contributed by atoms with Gasteiger partial charge in [-0.05, 0) is 72.8 Å². The Balaban J connectivity index is 2.25. The van der Waals surface area contributed by atoms with E-state index in [1.807, 2.05) is 0 Å². The second kappa shape index (κ2) is 2.85. The average Bonchev–Trinajstić information content (AvgIpc) is 2.74. The van der Waals surface area contributed by atoms with Crippen LogP contribution in [0.4, 0.5) is 0 Å². The maximum absolute atomic E-state index is 2.51. The molecule has 0 heterocycles. The lowest BCUT2D eigenvalue weighted by molar-refractivity contribution is 0.742. The molecule has 0 radical (unpaired) electrons. The predicted octanol–water partition coefficient (Wildman–Crippen LogP) is 3.53. The number of benzene rings is 1. The van der Waals surface area contributed by atoms with Gasteiger partial charge in [0, 0.05) is 0 Å². The van der Waals surface area contributed by atoms with Gasteiger partial charge in [0.15, 0.2) is 0 Å². The molecule has 1 aromatic carbocycles. The van der Waals surface area contributed by atoms with Gasteiger partial charge in [-0.2, -0.15) is 0 Å². The summed E-state index contributed by atoms with van der Waals surface area (Å²) in [6, 6.07) is 2.51. The van der Waals surface area contributed by atoms with Gasteiger partial charge >= 0.3 is 0 Å². The van der Waals surface area contributed by atoms with Crippen LogP contribution in [0, 0.1) is 6.92 Å². The van der Waals surface area contributed by atoms with E-state index in [-0.39, 0.29) is 0 Å². The zero-order valence-electron chi connectivity index (χ0n) is 9.19. The molecule has 0 amide bonds. The Morgan fingerprint density at radius 3 is 2.86 bits per heavy atom. The van der Waals surface area contributed by atoms with Gasteiger partial charge in [0.2, 0.25) is 0 Å². The first kappa shape index (κ1) is 8.52. The van der Waals surface area contributed by atoms with Crippen LogP contribution in [0.2, 0.25) is 0 Å². The third kappa shape index (κ3) is 1.00. The van der Waals surface area contributed by atoms with E-state index in [1.54, 1.807) is 27.8 Å². The molecule has 0 bridgehead atoms. The second-order valence-corrected chi connectivity index (χ2v) is 5.01. The average molecular weight is 186 g/mol. The van der Waals surface area contributed by atoms with Gasteiger partial charge in [0.25, 0.3) is 0 Å². The molecule has 2 aliphatic rings. The molecule has 1 atom stereocenters. The molecule has 0 aliphatic heterocycles. The number of hydrogen-bond acceptors (Lipinski definition) is 0. The van der Waals surface area contributed by atoms with Crippen molar-refractivity contribution in [2.24, 2.45) is 0 Å². The largest absolute Gasteiger partial charge is 0.0584 e. The van der Waals surface area contributed by atoms with Gasteiger partial charge in [0.05, 0.1) is 0 Å². The standard InChI is InChI=1S/C14H18/c1-9-6-7-12-8-11-4-3-5-13(11)10(2)14(9)12/h8-9H,3-7H2,1-2H3/t9-/m1/s1. The fourth-order valence-electron chi connectivity index (χ4n) is 3.46. The van der Waals surface area contributed by atoms with Gasteiger partial charge < -0.3 is 0 Å². The van der Waals surface area contributed by atoms with Gasteiger partial charge in [-0.3, -0.25) is 0 Å². The Labute approximate surface area is 86.3 Å². The van der Waals surface area contributed by atoms with Gasteiger partial charge in [-0.25, -0.2) is 0 Å². The number of fused-ring (bicyclic) bond motifs is 2. The summed E-state index contributed by atoms with van der Waals surface area (Å²) in [5.41, 5.74) is 8.36. The summed E-state index contributed by atoms with van der Waals surface area (Å²) in [6.07, 6.45) is 6.75. The monoisotopic (exact) mass is 186 g/mol. The summed E-state index contributed by atoms with van der Waals surface area (Å²) in [6.45, 7) is 4.74. The number of hydrogen-bond donors (Lipinski definition) is 0. The summed E-state index contributed by atoms with van der Waals surface area (Å²) in [7, 11) is 0. The van der Waals surface area contributed by atoms with Crippen LogP contribution in [0.25, 0.3) is 0 Å². The van der Waals surface area contributed by atoms with Gasteiger partial charge in [-0.15, -0.1) is 0 Å². The van der Waals surface area contributed by atoms with E-state index in [4.69, 9.17) is 0 Å². The lowest BCUT2D eigenvalue weighted by Gasteiger charge is -2.13. The van der Waals surface area contributed by atoms with Crippen LogP contribution < -0.4 is 0 Å². The molecule has 0 unspecified atom stereocenters. The van der Waals surface area contributed by atoms with Crippen LogP contribution in [0.5, 0.6) is 0 Å². The molecule has 14 heavy (non-hydrogen) atoms. The summed E-state index contributed by atoms with van der Waals surface area (Å²) in [5, 5.41) is 0. The fraction of sp³-hybridized carbons (Fsp3) is 0.571. The van der Waals surface area contributed by atoms with Crippen LogP contribution in [-0.4, -0.2) is 0 Å². The minimum Gasteiger partial charge on any atom is -0.0584 e. The van der Waals surface area contributed by atoms with Crippen molar-refractivity contribution in [2.45, 2.75) is 51.9 Å². The summed E-state index contributed by atoms with van der Waals surface area (Å²) >= 11 is 0. The number of aryl methyl sites for hydroxylation is 2. The minimum atomic E-state index is 0.816. The molecule has 1 aromatic rings. The van der Waals surface area contributed by atoms with E-state index in [9.17, 15) is 0 Å². The van der Waals surface area contributed by atoms with Crippen molar-refractivity contribution < 1.29 is 0 Å². The third-order valence-electron chi connectivity index (χ3n) is 4.15. The van der Waals surface area contributed by atoms with Crippen molar-refractivity contribution in [3.8, 4) is 0 Å². The molecule has 0 saturated heterocycles. The van der Waals surface area contributed by atoms with Crippen molar-refractivity contribution in [1.82, 2.24) is 0 Å². The van der Waals surface area contributed by atoms with E-state index in [0.29, 0.717) is 0 Å². The van der Waals surface area contributed by atoms with Crippen molar-refractivity contribution >= 4 is 0 Å². The molecule has 0 spiro atoms. The fourth-order valence-corrected chi connectivity index (χ4v) is 3.46. The van der Waals surface area contributed by atoms with Crippen molar-refractivity contribution in [3.63, 3.8) is 0 Å². The third-order valence-corrected chi connectivity index (χ3v) is 4.15. The van der Waals surface area contributed by atoms with E-state index in [2.05, 4.69) is 19.9 Å². The Morgan fingerprint density at radius 2 is 2.00 bits per heavy atom. The highest BCUT2D eigenvalue weighted by Crippen LogP contribution is 2.40. The molecule has 0 aromatic heterocycles. The second-order valence-electron chi connectivity index (χ2n) is 5.01. The first-order valence-electron chi connectivity index (χ1n) is 5.91. The zero-order chi connectivity index (χ0) is 9.71. The Bertz CT molecular complexity index is 388. The molecule has 0 fully saturated rings. The maximum atomic E-state index is 2.51. The highest BCUT2D eigenvalue weighted by molar-refractivity contribution is 5.50. The molecule has 3 rings (SSSR count). The van der Waals surface area contributed by atoms with Crippen LogP contribution in [0.15, 0.2) is 6.07 Å². The first-order chi connectivity index (χ1) is 6.77. The van der Waals surface area contributed by atoms with Crippen LogP contribution in [0.1, 0.15) is 53.5 Å². The van der Waals surface area contributed by atoms with Crippen molar-refractivity contribution in [3.05, 3.63) is 33.9 Å². The number of rotatable bonds is 0. The molecule has 0 saturated carbocycles. The Hall–Kier alpha value is -0.780. The molecule has 74 valence electrons. The van der Waals surface area contributed by atoms with E-state index < -0.39 is 0 Å². The lowest BCUT2D eigenvalue weighted by Crippen LogP contribution is -1.97. The lowest BCUT2D eigenvalue weighted by atomic mass is 9.92. The highest BCUT2D eigenvalue weighted by atomic mass is 14.3. The van der Waals surface area contributed by atoms with E-state index in [1.165, 1.54) is 32.1 Å². The smallest absolute Gasteiger partial charge is 0.0182 e. The molecular weight excluding hydrogens is 168 g/mol. The van der Waals surface area contributed by atoms with Gasteiger partial charge in [0.1, 0.15) is 0 Å². The van der Waals surface area contributed by atoms with E-state index >= 15 is 0 Å². The Morgan fingerprint density at radius 1 is 1.14 bits per heavy atom. The van der Waals surface area contributed by atoms with Crippen LogP contribution >= 0.6 is 0 Å². The zero-order valence-corrected chi connectivity index (χ0v) is 9.19. The first-order valence-corrected chi connectivity index (χ1v) is 5.91. The summed E-state index contributed by atoms with van der Waals surface area (Å²) in [5.74, 6) is 0.816. The highest BCUT2D eigenvalue weighted by Gasteiger charge is 2.25. The van der Waals surface area contributed by atoms with Gasteiger partial charge in [-0.1, -0.05) is 13.0 Å². The Kier molecular flexibility index (Phi) is 1.74. The summed E-state index contributed by atoms with van der Waals surface area (Å²) in [4.78, 5) is 0. The topological polar surface area (TPSA) is 0 Å². The summed E-state index contributed by atoms with van der Waals surface area (Å²) < 4.78 is 0. The van der Waals surface area contributed by atoms with Crippen molar-refractivity contribution in [1.29, 1.82) is 0 Å². The SMILES string of the molecule is Cc1c2c(cc3c1[C@H](C)CC3)CCC2. The molecule has 0 heteroatoms. The van der Waals surface area contributed by atoms with Crippen molar-refractivity contribution in [2.75, 3.05) is 0 Å². The van der Waals surface area contributed by atoms with Crippen LogP contribution in [-0.2, 0) is 19.3 Å². The van der Waals surface area contributed by atoms with Crippen LogP contribution in [0.3, 0.4) is 0 Å². The quantitative estimate of drug-likeness (QED) is 0.581. The predicted molar refractivity (Wildman–Crippen MR) is 59.9 cm³/mol. The normalized spacial score (nSPS) is 23.7. The van der Waals surface area contributed by atoms with E-state index in [0.717, 1.165) is 5.92 Å². The molecular formula is C14H18. The molecule has 0 nitrogen and oxygen atoms in total.